The summed E-state index contributed by atoms with van der Waals surface area (Å²) in [6.07, 6.45) is 0.803. The van der Waals surface area contributed by atoms with E-state index < -0.39 is 22.0 Å². The van der Waals surface area contributed by atoms with Crippen molar-refractivity contribution in [2.24, 2.45) is 5.92 Å². The Hall–Kier alpha value is -4.09. The maximum absolute atomic E-state index is 14.0. The van der Waals surface area contributed by atoms with Crippen LogP contribution < -0.4 is 24.4 Å². The molecule has 42 heavy (non-hydrogen) atoms. The number of piperidine rings is 1. The molecule has 0 aliphatic carbocycles. The van der Waals surface area contributed by atoms with E-state index in [1.54, 1.807) is 41.3 Å². The van der Waals surface area contributed by atoms with Crippen LogP contribution >= 0.6 is 0 Å². The van der Waals surface area contributed by atoms with E-state index in [0.717, 1.165) is 5.56 Å². The number of fused-ring (bicyclic) bond motifs is 1. The van der Waals surface area contributed by atoms with Crippen molar-refractivity contribution in [1.82, 2.24) is 9.62 Å². The van der Waals surface area contributed by atoms with Crippen LogP contribution in [0, 0.1) is 5.92 Å². The summed E-state index contributed by atoms with van der Waals surface area (Å²) in [5.74, 6) is -0.133. The van der Waals surface area contributed by atoms with E-state index >= 15 is 0 Å². The maximum atomic E-state index is 14.0. The lowest BCUT2D eigenvalue weighted by molar-refractivity contribution is -0.129. The van der Waals surface area contributed by atoms with E-state index in [-0.39, 0.29) is 42.1 Å². The summed E-state index contributed by atoms with van der Waals surface area (Å²) in [5, 5.41) is 2.92. The first-order valence-corrected chi connectivity index (χ1v) is 15.4. The Morgan fingerprint density at radius 3 is 2.50 bits per heavy atom. The minimum Gasteiger partial charge on any atom is -0.497 e. The highest BCUT2D eigenvalue weighted by molar-refractivity contribution is 7.89. The summed E-state index contributed by atoms with van der Waals surface area (Å²) >= 11 is 0. The van der Waals surface area contributed by atoms with Crippen LogP contribution in [0.3, 0.4) is 0 Å². The number of methoxy groups -OCH3 is 2. The molecule has 3 aromatic carbocycles. The molecule has 0 radical (unpaired) electrons. The molecule has 3 aromatic rings. The fourth-order valence-electron chi connectivity index (χ4n) is 5.38. The number of para-hydroxylation sites is 2. The SMILES string of the molecule is COc1ccc(OC)c(S(=O)(=O)N2CCC[C@H](C(=O)N3C[C@H](C(=O)NCCc4ccccc4)Oc4ccccc43)C2)c1. The van der Waals surface area contributed by atoms with E-state index in [0.29, 0.717) is 43.0 Å². The average molecular weight is 594 g/mol. The molecular formula is C31H35N3O7S. The van der Waals surface area contributed by atoms with Crippen molar-refractivity contribution in [3.05, 3.63) is 78.4 Å². The molecular weight excluding hydrogens is 558 g/mol. The zero-order valence-corrected chi connectivity index (χ0v) is 24.5. The standard InChI is InChI=1S/C31H35N3O7S/c1-39-24-14-15-27(40-2)29(19-24)42(37,38)33-18-8-11-23(20-33)31(36)34-21-28(41-26-13-7-6-12-25(26)34)30(35)32-17-16-22-9-4-3-5-10-22/h3-7,9-10,12-15,19,23,28H,8,11,16-18,20-21H2,1-2H3,(H,32,35)/t23-,28+/m0/s1. The Morgan fingerprint density at radius 2 is 1.74 bits per heavy atom. The molecule has 0 spiro atoms. The van der Waals surface area contributed by atoms with Crippen LogP contribution in [0.1, 0.15) is 18.4 Å². The summed E-state index contributed by atoms with van der Waals surface area (Å²) < 4.78 is 45.3. The summed E-state index contributed by atoms with van der Waals surface area (Å²) in [5.41, 5.74) is 1.66. The molecule has 222 valence electrons. The van der Waals surface area contributed by atoms with Crippen LogP contribution in [0.5, 0.6) is 17.2 Å². The van der Waals surface area contributed by atoms with Crippen LogP contribution in [0.2, 0.25) is 0 Å². The van der Waals surface area contributed by atoms with Gasteiger partial charge in [-0.3, -0.25) is 9.59 Å². The number of sulfonamides is 1. The lowest BCUT2D eigenvalue weighted by atomic mass is 9.97. The fraction of sp³-hybridized carbons (Fsp3) is 0.355. The van der Waals surface area contributed by atoms with E-state index in [1.165, 1.54) is 24.6 Å². The number of hydrogen-bond donors (Lipinski definition) is 1. The minimum atomic E-state index is -3.98. The molecule has 1 fully saturated rings. The van der Waals surface area contributed by atoms with Crippen molar-refractivity contribution < 1.29 is 32.2 Å². The number of anilines is 1. The van der Waals surface area contributed by atoms with Crippen LogP contribution in [0.25, 0.3) is 0 Å². The number of hydrogen-bond acceptors (Lipinski definition) is 7. The highest BCUT2D eigenvalue weighted by Crippen LogP contribution is 2.37. The van der Waals surface area contributed by atoms with Gasteiger partial charge in [0.05, 0.1) is 32.4 Å². The zero-order valence-electron chi connectivity index (χ0n) is 23.7. The van der Waals surface area contributed by atoms with Crippen molar-refractivity contribution in [3.63, 3.8) is 0 Å². The van der Waals surface area contributed by atoms with Crippen molar-refractivity contribution in [1.29, 1.82) is 0 Å². The number of ether oxygens (including phenoxy) is 3. The second-order valence-corrected chi connectivity index (χ2v) is 12.2. The highest BCUT2D eigenvalue weighted by Gasteiger charge is 2.40. The Morgan fingerprint density at radius 1 is 0.976 bits per heavy atom. The van der Waals surface area contributed by atoms with Gasteiger partial charge in [-0.15, -0.1) is 0 Å². The summed E-state index contributed by atoms with van der Waals surface area (Å²) in [6, 6.07) is 21.5. The maximum Gasteiger partial charge on any atom is 0.262 e. The Kier molecular flexibility index (Phi) is 8.98. The van der Waals surface area contributed by atoms with Crippen LogP contribution in [-0.4, -0.2) is 71.0 Å². The predicted molar refractivity (Wildman–Crippen MR) is 157 cm³/mol. The lowest BCUT2D eigenvalue weighted by Gasteiger charge is -2.38. The monoisotopic (exact) mass is 593 g/mol. The molecule has 1 N–H and O–H groups in total. The summed E-state index contributed by atoms with van der Waals surface area (Å²) in [4.78, 5) is 28.7. The molecule has 11 heteroatoms. The average Bonchev–Trinajstić information content (AvgIpc) is 3.04. The van der Waals surface area contributed by atoms with Gasteiger partial charge in [-0.05, 0) is 49.1 Å². The number of benzene rings is 3. The Bertz CT molecular complexity index is 1530. The Labute approximate surface area is 246 Å². The first kappa shape index (κ1) is 29.4. The molecule has 10 nitrogen and oxygen atoms in total. The van der Waals surface area contributed by atoms with Crippen molar-refractivity contribution in [2.75, 3.05) is 45.3 Å². The van der Waals surface area contributed by atoms with Crippen molar-refractivity contribution in [3.8, 4) is 17.2 Å². The zero-order chi connectivity index (χ0) is 29.7. The van der Waals surface area contributed by atoms with E-state index in [9.17, 15) is 18.0 Å². The molecule has 5 rings (SSSR count). The third-order valence-electron chi connectivity index (χ3n) is 7.61. The van der Waals surface area contributed by atoms with Gasteiger partial charge in [-0.1, -0.05) is 42.5 Å². The lowest BCUT2D eigenvalue weighted by Crippen LogP contribution is -2.54. The van der Waals surface area contributed by atoms with Gasteiger partial charge in [0, 0.05) is 25.7 Å². The van der Waals surface area contributed by atoms with E-state index in [4.69, 9.17) is 14.2 Å². The highest BCUT2D eigenvalue weighted by atomic mass is 32.2. The number of amides is 2. The van der Waals surface area contributed by atoms with Gasteiger partial charge in [0.1, 0.15) is 22.1 Å². The first-order chi connectivity index (χ1) is 20.3. The molecule has 0 saturated carbocycles. The molecule has 0 aromatic heterocycles. The van der Waals surface area contributed by atoms with Crippen molar-refractivity contribution >= 4 is 27.5 Å². The van der Waals surface area contributed by atoms with E-state index in [1.807, 2.05) is 30.3 Å². The Balaban J connectivity index is 1.32. The van der Waals surface area contributed by atoms with Gasteiger partial charge in [0.2, 0.25) is 15.9 Å². The second-order valence-electron chi connectivity index (χ2n) is 10.3. The molecule has 2 heterocycles. The first-order valence-electron chi connectivity index (χ1n) is 13.9. The van der Waals surface area contributed by atoms with Gasteiger partial charge < -0.3 is 24.4 Å². The quantitative estimate of drug-likeness (QED) is 0.405. The molecule has 2 atom stereocenters. The molecule has 0 unspecified atom stereocenters. The van der Waals surface area contributed by atoms with Crippen molar-refractivity contribution in [2.45, 2.75) is 30.3 Å². The van der Waals surface area contributed by atoms with Crippen LogP contribution in [0.15, 0.2) is 77.7 Å². The van der Waals surface area contributed by atoms with Gasteiger partial charge in [-0.2, -0.15) is 4.31 Å². The third-order valence-corrected chi connectivity index (χ3v) is 9.50. The largest absolute Gasteiger partial charge is 0.497 e. The second kappa shape index (κ2) is 12.8. The smallest absolute Gasteiger partial charge is 0.262 e. The number of rotatable bonds is 9. The van der Waals surface area contributed by atoms with Gasteiger partial charge >= 0.3 is 0 Å². The van der Waals surface area contributed by atoms with Crippen LogP contribution in [0.4, 0.5) is 5.69 Å². The topological polar surface area (TPSA) is 114 Å². The molecule has 2 amide bonds. The number of carbonyl (C=O) groups excluding carboxylic acids is 2. The summed E-state index contributed by atoms with van der Waals surface area (Å²) in [7, 11) is -1.11. The molecule has 1 saturated heterocycles. The predicted octanol–water partition coefficient (Wildman–Crippen LogP) is 3.26. The number of nitrogens with zero attached hydrogens (tertiary/aromatic N) is 2. The molecule has 2 aliphatic heterocycles. The number of carbonyl (C=O) groups is 2. The molecule has 0 bridgehead atoms. The fourth-order valence-corrected chi connectivity index (χ4v) is 7.07. The third kappa shape index (κ3) is 6.22. The normalized spacial score (nSPS) is 18.9. The summed E-state index contributed by atoms with van der Waals surface area (Å²) in [6.45, 7) is 0.745. The van der Waals surface area contributed by atoms with E-state index in [2.05, 4.69) is 5.32 Å². The van der Waals surface area contributed by atoms with Gasteiger partial charge in [-0.25, -0.2) is 8.42 Å². The van der Waals surface area contributed by atoms with Crippen LogP contribution in [-0.2, 0) is 26.0 Å². The molecule has 2 aliphatic rings. The van der Waals surface area contributed by atoms with Gasteiger partial charge in [0.15, 0.2) is 6.10 Å². The van der Waals surface area contributed by atoms with Gasteiger partial charge in [0.25, 0.3) is 5.91 Å². The number of nitrogens with one attached hydrogen (secondary N) is 1. The minimum absolute atomic E-state index is 0.00892.